The topological polar surface area (TPSA) is 106 Å². The van der Waals surface area contributed by atoms with E-state index in [1.54, 1.807) is 49.1 Å². The second-order valence-corrected chi connectivity index (χ2v) is 12.4. The molecule has 3 aromatic carbocycles. The molecular formula is C33H30Cl2F3N5O4. The molecule has 0 unspecified atom stereocenters. The molecule has 0 aliphatic carbocycles. The van der Waals surface area contributed by atoms with E-state index in [0.29, 0.717) is 38.7 Å². The van der Waals surface area contributed by atoms with Gasteiger partial charge in [0.25, 0.3) is 17.4 Å². The molecule has 2 heterocycles. The van der Waals surface area contributed by atoms with Gasteiger partial charge in [-0.15, -0.1) is 13.2 Å². The lowest BCUT2D eigenvalue weighted by atomic mass is 9.94. The molecule has 5 rings (SSSR count). The van der Waals surface area contributed by atoms with Crippen molar-refractivity contribution in [3.05, 3.63) is 115 Å². The van der Waals surface area contributed by atoms with Crippen LogP contribution in [0.25, 0.3) is 5.69 Å². The number of fused-ring (bicyclic) bond motifs is 1. The van der Waals surface area contributed by atoms with E-state index >= 15 is 0 Å². The van der Waals surface area contributed by atoms with Gasteiger partial charge >= 0.3 is 6.36 Å². The number of halogens is 5. The van der Waals surface area contributed by atoms with Gasteiger partial charge in [-0.25, -0.2) is 9.55 Å². The van der Waals surface area contributed by atoms with Gasteiger partial charge in [0.2, 0.25) is 5.95 Å². The standard InChI is InChI=1S/C33H30Cl2F3N5O4/c1-18-15-24-27(17-42(18)29(45)20-7-14-25(34)26(35)16-20)40-31(43(30(24)46)22-10-5-19(6-11-22)28(44)39-4)41-32(2,3)21-8-12-23(13-9-21)47-33(36,37)38/h5-14,16,18H,15,17H2,1-4H3,(H,39,44)(H,40,41)/t18-/m1/s1. The fourth-order valence-corrected chi connectivity index (χ4v) is 5.68. The van der Waals surface area contributed by atoms with E-state index in [2.05, 4.69) is 15.4 Å². The summed E-state index contributed by atoms with van der Waals surface area (Å²) in [4.78, 5) is 46.4. The van der Waals surface area contributed by atoms with Crippen LogP contribution in [0.5, 0.6) is 5.75 Å². The minimum absolute atomic E-state index is 0.0276. The molecule has 14 heteroatoms. The third kappa shape index (κ3) is 7.23. The predicted octanol–water partition coefficient (Wildman–Crippen LogP) is 6.73. The normalized spacial score (nSPS) is 14.7. The van der Waals surface area contributed by atoms with Crippen molar-refractivity contribution in [3.63, 3.8) is 0 Å². The highest BCUT2D eigenvalue weighted by Gasteiger charge is 2.34. The Hall–Kier alpha value is -4.55. The van der Waals surface area contributed by atoms with Gasteiger partial charge in [0.05, 0.1) is 33.5 Å². The average Bonchev–Trinajstić information content (AvgIpc) is 3.01. The summed E-state index contributed by atoms with van der Waals surface area (Å²) in [5.41, 5.74) is 1.18. The smallest absolute Gasteiger partial charge is 0.406 e. The van der Waals surface area contributed by atoms with E-state index in [1.807, 2.05) is 6.92 Å². The van der Waals surface area contributed by atoms with Crippen LogP contribution in [0.15, 0.2) is 71.5 Å². The van der Waals surface area contributed by atoms with Gasteiger partial charge in [-0.1, -0.05) is 35.3 Å². The third-order valence-corrected chi connectivity index (χ3v) is 8.63. The quantitative estimate of drug-likeness (QED) is 0.223. The fraction of sp³-hybridized carbons (Fsp3) is 0.273. The molecule has 246 valence electrons. The Kier molecular flexibility index (Phi) is 9.29. The number of amides is 2. The number of rotatable bonds is 7. The summed E-state index contributed by atoms with van der Waals surface area (Å²) in [6.07, 6.45) is -4.62. The molecule has 1 aliphatic rings. The van der Waals surface area contributed by atoms with Gasteiger partial charge < -0.3 is 20.3 Å². The van der Waals surface area contributed by atoms with Crippen molar-refractivity contribution in [2.75, 3.05) is 12.4 Å². The zero-order valence-corrected chi connectivity index (χ0v) is 27.2. The summed E-state index contributed by atoms with van der Waals surface area (Å²) in [5.74, 6) is -0.865. The Morgan fingerprint density at radius 1 is 0.957 bits per heavy atom. The molecule has 1 atom stereocenters. The third-order valence-electron chi connectivity index (χ3n) is 7.89. The average molecular weight is 689 g/mol. The molecule has 0 radical (unpaired) electrons. The molecule has 47 heavy (non-hydrogen) atoms. The number of hydrogen-bond donors (Lipinski definition) is 2. The predicted molar refractivity (Wildman–Crippen MR) is 172 cm³/mol. The van der Waals surface area contributed by atoms with Crippen LogP contribution in [0, 0.1) is 0 Å². The molecular weight excluding hydrogens is 658 g/mol. The molecule has 0 saturated carbocycles. The molecule has 1 aromatic heterocycles. The summed E-state index contributed by atoms with van der Waals surface area (Å²) < 4.78 is 43.6. The first kappa shape index (κ1) is 33.8. The number of benzene rings is 3. The molecule has 2 amide bonds. The Bertz CT molecular complexity index is 1890. The van der Waals surface area contributed by atoms with Gasteiger partial charge in [0.1, 0.15) is 5.75 Å². The van der Waals surface area contributed by atoms with E-state index in [1.165, 1.54) is 48.0 Å². The number of anilines is 1. The van der Waals surface area contributed by atoms with Crippen LogP contribution >= 0.6 is 23.2 Å². The number of hydrogen-bond acceptors (Lipinski definition) is 6. The largest absolute Gasteiger partial charge is 0.573 e. The first-order valence-corrected chi connectivity index (χ1v) is 15.2. The van der Waals surface area contributed by atoms with E-state index in [-0.39, 0.29) is 53.1 Å². The van der Waals surface area contributed by atoms with Crippen molar-refractivity contribution in [3.8, 4) is 11.4 Å². The lowest BCUT2D eigenvalue weighted by Gasteiger charge is -2.35. The zero-order valence-electron chi connectivity index (χ0n) is 25.7. The van der Waals surface area contributed by atoms with Crippen molar-refractivity contribution in [1.82, 2.24) is 19.8 Å². The number of carbonyl (C=O) groups excluding carboxylic acids is 2. The Morgan fingerprint density at radius 3 is 2.19 bits per heavy atom. The number of carbonyl (C=O) groups is 2. The number of alkyl halides is 3. The molecule has 4 aromatic rings. The highest BCUT2D eigenvalue weighted by Crippen LogP contribution is 2.31. The molecule has 1 aliphatic heterocycles. The Balaban J connectivity index is 1.57. The monoisotopic (exact) mass is 687 g/mol. The lowest BCUT2D eigenvalue weighted by molar-refractivity contribution is -0.274. The second-order valence-electron chi connectivity index (χ2n) is 11.6. The van der Waals surface area contributed by atoms with Crippen LogP contribution in [-0.4, -0.2) is 45.7 Å². The Labute approximate surface area is 278 Å². The van der Waals surface area contributed by atoms with Crippen molar-refractivity contribution in [2.24, 2.45) is 0 Å². The van der Waals surface area contributed by atoms with Crippen LogP contribution < -0.4 is 20.9 Å². The molecule has 0 fully saturated rings. The number of nitrogens with zero attached hydrogens (tertiary/aromatic N) is 3. The van der Waals surface area contributed by atoms with Crippen LogP contribution in [0.1, 0.15) is 58.3 Å². The maximum Gasteiger partial charge on any atom is 0.573 e. The van der Waals surface area contributed by atoms with Gasteiger partial charge in [-0.2, -0.15) is 0 Å². The summed E-state index contributed by atoms with van der Waals surface area (Å²) in [7, 11) is 1.51. The zero-order chi connectivity index (χ0) is 34.3. The highest BCUT2D eigenvalue weighted by atomic mass is 35.5. The minimum atomic E-state index is -4.83. The lowest BCUT2D eigenvalue weighted by Crippen LogP contribution is -2.46. The molecule has 0 bridgehead atoms. The summed E-state index contributed by atoms with van der Waals surface area (Å²) in [5, 5.41) is 6.39. The molecule has 0 saturated heterocycles. The summed E-state index contributed by atoms with van der Waals surface area (Å²) in [6.45, 7) is 5.42. The summed E-state index contributed by atoms with van der Waals surface area (Å²) in [6, 6.07) is 16.0. The number of nitrogens with one attached hydrogen (secondary N) is 2. The molecule has 9 nitrogen and oxygen atoms in total. The maximum atomic E-state index is 14.2. The Morgan fingerprint density at radius 2 is 1.60 bits per heavy atom. The van der Waals surface area contributed by atoms with Gasteiger partial charge in [-0.3, -0.25) is 14.4 Å². The van der Waals surface area contributed by atoms with E-state index in [9.17, 15) is 27.6 Å². The molecule has 0 spiro atoms. The number of ether oxygens (including phenoxy) is 1. The van der Waals surface area contributed by atoms with Crippen molar-refractivity contribution in [2.45, 2.75) is 51.7 Å². The fourth-order valence-electron chi connectivity index (χ4n) is 5.38. The first-order valence-electron chi connectivity index (χ1n) is 14.5. The summed E-state index contributed by atoms with van der Waals surface area (Å²) >= 11 is 12.2. The van der Waals surface area contributed by atoms with Crippen molar-refractivity contribution >= 4 is 41.0 Å². The SMILES string of the molecule is CNC(=O)c1ccc(-n2c(NC(C)(C)c3ccc(OC(F)(F)F)cc3)nc3c(c2=O)C[C@@H](C)N(C(=O)c2ccc(Cl)c(Cl)c2)C3)cc1. The van der Waals surface area contributed by atoms with Crippen molar-refractivity contribution < 1.29 is 27.5 Å². The van der Waals surface area contributed by atoms with E-state index in [0.717, 1.165) is 0 Å². The first-order chi connectivity index (χ1) is 22.1. The second kappa shape index (κ2) is 12.9. The van der Waals surface area contributed by atoms with E-state index < -0.39 is 11.9 Å². The van der Waals surface area contributed by atoms with Crippen molar-refractivity contribution in [1.29, 1.82) is 0 Å². The van der Waals surface area contributed by atoms with Crippen LogP contribution in [0.4, 0.5) is 19.1 Å². The van der Waals surface area contributed by atoms with Gasteiger partial charge in [-0.05, 0) is 87.4 Å². The van der Waals surface area contributed by atoms with Gasteiger partial charge in [0, 0.05) is 29.8 Å². The molecule has 2 N–H and O–H groups in total. The van der Waals surface area contributed by atoms with Crippen LogP contribution in [-0.2, 0) is 18.5 Å². The van der Waals surface area contributed by atoms with E-state index in [4.69, 9.17) is 28.2 Å². The van der Waals surface area contributed by atoms with Crippen LogP contribution in [0.3, 0.4) is 0 Å². The van der Waals surface area contributed by atoms with Gasteiger partial charge in [0.15, 0.2) is 0 Å². The number of aromatic nitrogens is 2. The van der Waals surface area contributed by atoms with Crippen LogP contribution in [0.2, 0.25) is 10.0 Å². The highest BCUT2D eigenvalue weighted by molar-refractivity contribution is 6.42. The maximum absolute atomic E-state index is 14.2. The minimum Gasteiger partial charge on any atom is -0.406 e.